The van der Waals surface area contributed by atoms with Gasteiger partial charge in [0.15, 0.2) is 0 Å². The highest BCUT2D eigenvalue weighted by atomic mass is 16.2. The molecule has 1 aromatic heterocycles. The number of aromatic nitrogens is 1. The first-order valence-corrected chi connectivity index (χ1v) is 10.2. The maximum absolute atomic E-state index is 13.0. The van der Waals surface area contributed by atoms with Gasteiger partial charge in [0.25, 0.3) is 5.91 Å². The number of carbonyl (C=O) groups excluding carboxylic acids is 2. The number of hydrogen-bond acceptors (Lipinski definition) is 3. The van der Waals surface area contributed by atoms with E-state index in [9.17, 15) is 9.59 Å². The van der Waals surface area contributed by atoms with Crippen molar-refractivity contribution in [2.45, 2.75) is 12.8 Å². The second kappa shape index (κ2) is 8.49. The van der Waals surface area contributed by atoms with Gasteiger partial charge in [-0.2, -0.15) is 0 Å². The maximum atomic E-state index is 13.0. The predicted molar refractivity (Wildman–Crippen MR) is 117 cm³/mol. The zero-order chi connectivity index (χ0) is 21.0. The van der Waals surface area contributed by atoms with Crippen LogP contribution in [0.5, 0.6) is 0 Å². The van der Waals surface area contributed by atoms with Crippen LogP contribution >= 0.6 is 0 Å². The number of amides is 2. The highest BCUT2D eigenvalue weighted by Crippen LogP contribution is 2.38. The van der Waals surface area contributed by atoms with Crippen LogP contribution in [0.1, 0.15) is 22.5 Å². The van der Waals surface area contributed by atoms with Gasteiger partial charge in [-0.3, -0.25) is 14.6 Å². The molecule has 2 amide bonds. The van der Waals surface area contributed by atoms with Gasteiger partial charge in [-0.15, -0.1) is 0 Å². The van der Waals surface area contributed by atoms with Crippen LogP contribution in [0.2, 0.25) is 0 Å². The molecule has 30 heavy (non-hydrogen) atoms. The van der Waals surface area contributed by atoms with Crippen LogP contribution in [-0.4, -0.2) is 41.8 Å². The monoisotopic (exact) mass is 399 g/mol. The van der Waals surface area contributed by atoms with Crippen molar-refractivity contribution >= 4 is 11.8 Å². The van der Waals surface area contributed by atoms with E-state index in [1.807, 2.05) is 30.3 Å². The summed E-state index contributed by atoms with van der Waals surface area (Å²) in [5.74, 6) is -0.153. The van der Waals surface area contributed by atoms with E-state index in [-0.39, 0.29) is 11.8 Å². The lowest BCUT2D eigenvalue weighted by Crippen LogP contribution is -2.44. The Labute approximate surface area is 176 Å². The summed E-state index contributed by atoms with van der Waals surface area (Å²) in [5, 5.41) is 2.83. The van der Waals surface area contributed by atoms with E-state index < -0.39 is 5.41 Å². The van der Waals surface area contributed by atoms with Gasteiger partial charge in [-0.25, -0.2) is 0 Å². The summed E-state index contributed by atoms with van der Waals surface area (Å²) in [7, 11) is 1.66. The summed E-state index contributed by atoms with van der Waals surface area (Å²) in [5.41, 5.74) is 3.11. The molecule has 3 aromatic rings. The molecule has 0 spiro atoms. The second-order valence-electron chi connectivity index (χ2n) is 7.75. The zero-order valence-electron chi connectivity index (χ0n) is 17.0. The topological polar surface area (TPSA) is 62.3 Å². The summed E-state index contributed by atoms with van der Waals surface area (Å²) >= 11 is 0. The number of nitrogens with zero attached hydrogens (tertiary/aromatic N) is 2. The first-order valence-electron chi connectivity index (χ1n) is 10.2. The molecule has 2 aromatic carbocycles. The van der Waals surface area contributed by atoms with Gasteiger partial charge < -0.3 is 10.2 Å². The lowest BCUT2D eigenvalue weighted by Gasteiger charge is -2.28. The molecule has 1 aliphatic heterocycles. The van der Waals surface area contributed by atoms with E-state index >= 15 is 0 Å². The number of likely N-dealkylation sites (tertiary alicyclic amines) is 1. The van der Waals surface area contributed by atoms with Gasteiger partial charge in [0.05, 0.1) is 5.41 Å². The third-order valence-corrected chi connectivity index (χ3v) is 5.86. The van der Waals surface area contributed by atoms with Gasteiger partial charge in [-0.05, 0) is 41.7 Å². The van der Waals surface area contributed by atoms with E-state index in [0.29, 0.717) is 31.6 Å². The predicted octanol–water partition coefficient (Wildman–Crippen LogP) is 3.57. The van der Waals surface area contributed by atoms with Crippen molar-refractivity contribution in [3.05, 3.63) is 90.3 Å². The Balaban J connectivity index is 1.64. The number of carbonyl (C=O) groups is 2. The molecule has 1 N–H and O–H groups in total. The Morgan fingerprint density at radius 1 is 1.00 bits per heavy atom. The van der Waals surface area contributed by atoms with Crippen LogP contribution < -0.4 is 5.32 Å². The summed E-state index contributed by atoms with van der Waals surface area (Å²) in [4.78, 5) is 31.9. The molecule has 1 atom stereocenters. The molecule has 152 valence electrons. The van der Waals surface area contributed by atoms with Crippen LogP contribution in [0.4, 0.5) is 0 Å². The van der Waals surface area contributed by atoms with Crippen molar-refractivity contribution in [3.63, 3.8) is 0 Å². The Kier molecular flexibility index (Phi) is 5.61. The van der Waals surface area contributed by atoms with Crippen LogP contribution in [0.3, 0.4) is 0 Å². The normalized spacial score (nSPS) is 18.2. The van der Waals surface area contributed by atoms with Crippen molar-refractivity contribution in [2.75, 3.05) is 20.1 Å². The molecule has 5 nitrogen and oxygen atoms in total. The van der Waals surface area contributed by atoms with Gasteiger partial charge in [0.2, 0.25) is 5.91 Å². The van der Waals surface area contributed by atoms with Crippen LogP contribution in [0.15, 0.2) is 79.0 Å². The van der Waals surface area contributed by atoms with E-state index in [0.717, 1.165) is 16.7 Å². The van der Waals surface area contributed by atoms with Crippen molar-refractivity contribution in [1.82, 2.24) is 15.2 Å². The lowest BCUT2D eigenvalue weighted by molar-refractivity contribution is -0.129. The molecule has 0 unspecified atom stereocenters. The quantitative estimate of drug-likeness (QED) is 0.713. The molecule has 0 aliphatic carbocycles. The van der Waals surface area contributed by atoms with Crippen molar-refractivity contribution in [3.8, 4) is 11.1 Å². The van der Waals surface area contributed by atoms with Crippen LogP contribution in [-0.2, 0) is 11.2 Å². The van der Waals surface area contributed by atoms with Gasteiger partial charge in [0.1, 0.15) is 5.69 Å². The van der Waals surface area contributed by atoms with Gasteiger partial charge in [-0.1, -0.05) is 60.7 Å². The van der Waals surface area contributed by atoms with Gasteiger partial charge >= 0.3 is 0 Å². The fraction of sp³-hybridized carbons (Fsp3) is 0.240. The van der Waals surface area contributed by atoms with E-state index in [4.69, 9.17) is 0 Å². The first kappa shape index (κ1) is 19.8. The minimum Gasteiger partial charge on any atom is -0.359 e. The van der Waals surface area contributed by atoms with Crippen LogP contribution in [0.25, 0.3) is 11.1 Å². The fourth-order valence-corrected chi connectivity index (χ4v) is 4.31. The highest BCUT2D eigenvalue weighted by molar-refractivity contribution is 5.94. The molecule has 1 fully saturated rings. The molecular formula is C25H25N3O2. The largest absolute Gasteiger partial charge is 0.359 e. The Hall–Kier alpha value is -3.47. The molecule has 1 saturated heterocycles. The average molecular weight is 399 g/mol. The summed E-state index contributed by atoms with van der Waals surface area (Å²) in [6.07, 6.45) is 2.81. The first-order chi connectivity index (χ1) is 14.6. The van der Waals surface area contributed by atoms with E-state index in [1.54, 1.807) is 36.3 Å². The second-order valence-corrected chi connectivity index (χ2v) is 7.75. The average Bonchev–Trinajstić information content (AvgIpc) is 3.24. The molecule has 4 rings (SSSR count). The number of nitrogens with one attached hydrogen (secondary N) is 1. The Morgan fingerprint density at radius 3 is 2.47 bits per heavy atom. The summed E-state index contributed by atoms with van der Waals surface area (Å²) in [6, 6.07) is 23.7. The van der Waals surface area contributed by atoms with Crippen LogP contribution in [0, 0.1) is 5.41 Å². The minimum atomic E-state index is -0.663. The van der Waals surface area contributed by atoms with E-state index in [2.05, 4.69) is 34.6 Å². The Morgan fingerprint density at radius 2 is 1.73 bits per heavy atom. The standard InChI is InChI=1S/C25H25N3O2/c1-26-24(30)25(14-16-28(18-25)23(29)22-13-7-8-15-27-22)17-20-11-5-6-12-21(20)19-9-3-2-4-10-19/h2-13,15H,14,16-18H2,1H3,(H,26,30)/t25-/m0/s1. The smallest absolute Gasteiger partial charge is 0.272 e. The number of rotatable bonds is 5. The lowest BCUT2D eigenvalue weighted by atomic mass is 9.78. The van der Waals surface area contributed by atoms with Crippen molar-refractivity contribution in [2.24, 2.45) is 5.41 Å². The zero-order valence-corrected chi connectivity index (χ0v) is 17.0. The number of benzene rings is 2. The van der Waals surface area contributed by atoms with E-state index in [1.165, 1.54) is 0 Å². The molecule has 5 heteroatoms. The molecule has 2 heterocycles. The summed E-state index contributed by atoms with van der Waals surface area (Å²) < 4.78 is 0. The van der Waals surface area contributed by atoms with Gasteiger partial charge in [0, 0.05) is 26.3 Å². The molecule has 1 aliphatic rings. The minimum absolute atomic E-state index is 0.0262. The Bertz CT molecular complexity index is 1040. The molecule has 0 radical (unpaired) electrons. The SMILES string of the molecule is CNC(=O)[C@]1(Cc2ccccc2-c2ccccc2)CCN(C(=O)c2ccccn2)C1. The maximum Gasteiger partial charge on any atom is 0.272 e. The van der Waals surface area contributed by atoms with Crippen molar-refractivity contribution in [1.29, 1.82) is 0 Å². The summed E-state index contributed by atoms with van der Waals surface area (Å²) in [6.45, 7) is 0.918. The molecule has 0 bridgehead atoms. The molecule has 0 saturated carbocycles. The van der Waals surface area contributed by atoms with Crippen molar-refractivity contribution < 1.29 is 9.59 Å². The third-order valence-electron chi connectivity index (χ3n) is 5.86. The highest BCUT2D eigenvalue weighted by Gasteiger charge is 2.46. The number of pyridine rings is 1. The molecular weight excluding hydrogens is 374 g/mol. The number of hydrogen-bond donors (Lipinski definition) is 1. The third kappa shape index (κ3) is 3.83. The fourth-order valence-electron chi connectivity index (χ4n) is 4.31.